The summed E-state index contributed by atoms with van der Waals surface area (Å²) in [5.41, 5.74) is 1.62. The van der Waals surface area contributed by atoms with E-state index in [-0.39, 0.29) is 4.90 Å². The molecule has 0 fully saturated rings. The maximum absolute atomic E-state index is 11.6. The number of carboxylic acid groups (broad SMARTS) is 1. The SMILES string of the molecule is CS(=O)(=O)c1cccc(-n2cc3ccc(NC(=O)O)cc3n2)c1. The Morgan fingerprint density at radius 2 is 2.00 bits per heavy atom. The molecule has 0 aliphatic carbocycles. The van der Waals surface area contributed by atoms with E-state index in [1.807, 2.05) is 0 Å². The molecule has 0 aliphatic heterocycles. The number of fused-ring (bicyclic) bond motifs is 1. The Morgan fingerprint density at radius 3 is 2.70 bits per heavy atom. The molecule has 23 heavy (non-hydrogen) atoms. The molecule has 0 atom stereocenters. The highest BCUT2D eigenvalue weighted by molar-refractivity contribution is 7.90. The molecule has 1 heterocycles. The lowest BCUT2D eigenvalue weighted by Crippen LogP contribution is -2.06. The second kappa shape index (κ2) is 5.40. The molecule has 2 aromatic carbocycles. The lowest BCUT2D eigenvalue weighted by Gasteiger charge is -2.03. The molecule has 0 saturated heterocycles. The summed E-state index contributed by atoms with van der Waals surface area (Å²) in [6, 6.07) is 11.4. The third-order valence-electron chi connectivity index (χ3n) is 3.27. The Balaban J connectivity index is 2.05. The fraction of sp³-hybridized carbons (Fsp3) is 0.0667. The van der Waals surface area contributed by atoms with Gasteiger partial charge in [0.1, 0.15) is 0 Å². The molecule has 0 unspecified atom stereocenters. The number of carbonyl (C=O) groups is 1. The first-order valence-corrected chi connectivity index (χ1v) is 8.52. The van der Waals surface area contributed by atoms with Gasteiger partial charge in [0, 0.05) is 23.5 Å². The zero-order valence-electron chi connectivity index (χ0n) is 12.1. The second-order valence-electron chi connectivity index (χ2n) is 5.05. The van der Waals surface area contributed by atoms with Gasteiger partial charge in [0.25, 0.3) is 0 Å². The standard InChI is InChI=1S/C15H13N3O4S/c1-23(21,22)13-4-2-3-12(8-13)18-9-10-5-6-11(16-15(19)20)7-14(10)17-18/h2-9,16H,1H3,(H,19,20). The van der Waals surface area contributed by atoms with Gasteiger partial charge in [0.15, 0.2) is 9.84 Å². The van der Waals surface area contributed by atoms with E-state index in [1.54, 1.807) is 41.2 Å². The van der Waals surface area contributed by atoms with E-state index in [2.05, 4.69) is 10.4 Å². The fourth-order valence-corrected chi connectivity index (χ4v) is 2.87. The molecule has 3 aromatic rings. The first-order chi connectivity index (χ1) is 10.8. The molecule has 118 valence electrons. The van der Waals surface area contributed by atoms with Crippen molar-refractivity contribution in [2.24, 2.45) is 0 Å². The largest absolute Gasteiger partial charge is 0.465 e. The van der Waals surface area contributed by atoms with Crippen LogP contribution in [0.3, 0.4) is 0 Å². The van der Waals surface area contributed by atoms with Gasteiger partial charge in [0.2, 0.25) is 0 Å². The number of aromatic nitrogens is 2. The molecule has 0 bridgehead atoms. The van der Waals surface area contributed by atoms with E-state index in [0.29, 0.717) is 16.9 Å². The van der Waals surface area contributed by atoms with Gasteiger partial charge in [-0.3, -0.25) is 5.32 Å². The molecule has 8 heteroatoms. The number of amides is 1. The van der Waals surface area contributed by atoms with Crippen molar-refractivity contribution in [2.45, 2.75) is 4.90 Å². The molecule has 2 N–H and O–H groups in total. The highest BCUT2D eigenvalue weighted by Crippen LogP contribution is 2.21. The number of nitrogens with one attached hydrogen (secondary N) is 1. The molecule has 0 spiro atoms. The summed E-state index contributed by atoms with van der Waals surface area (Å²) >= 11 is 0. The van der Waals surface area contributed by atoms with Gasteiger partial charge in [-0.15, -0.1) is 0 Å². The van der Waals surface area contributed by atoms with Crippen molar-refractivity contribution in [3.05, 3.63) is 48.7 Å². The fourth-order valence-electron chi connectivity index (χ4n) is 2.21. The molecule has 0 saturated carbocycles. The molecule has 0 radical (unpaired) electrons. The van der Waals surface area contributed by atoms with Crippen molar-refractivity contribution < 1.29 is 18.3 Å². The van der Waals surface area contributed by atoms with Crippen molar-refractivity contribution in [1.82, 2.24) is 9.78 Å². The predicted octanol–water partition coefficient (Wildman–Crippen LogP) is 2.52. The smallest absolute Gasteiger partial charge is 0.409 e. The monoisotopic (exact) mass is 331 g/mol. The molecular weight excluding hydrogens is 318 g/mol. The van der Waals surface area contributed by atoms with E-state index in [9.17, 15) is 13.2 Å². The summed E-state index contributed by atoms with van der Waals surface area (Å²) in [7, 11) is -3.30. The van der Waals surface area contributed by atoms with Gasteiger partial charge in [-0.25, -0.2) is 17.9 Å². The van der Waals surface area contributed by atoms with Gasteiger partial charge in [-0.1, -0.05) is 6.07 Å². The topological polar surface area (TPSA) is 101 Å². The predicted molar refractivity (Wildman–Crippen MR) is 85.8 cm³/mol. The van der Waals surface area contributed by atoms with E-state index in [0.717, 1.165) is 11.6 Å². The Bertz CT molecular complexity index is 1010. The third-order valence-corrected chi connectivity index (χ3v) is 4.38. The van der Waals surface area contributed by atoms with E-state index in [4.69, 9.17) is 5.11 Å². The molecule has 0 aliphatic rings. The minimum atomic E-state index is -3.30. The summed E-state index contributed by atoms with van der Waals surface area (Å²) in [4.78, 5) is 10.9. The Hall–Kier alpha value is -2.87. The lowest BCUT2D eigenvalue weighted by atomic mass is 10.2. The van der Waals surface area contributed by atoms with Crippen LogP contribution in [-0.2, 0) is 9.84 Å². The lowest BCUT2D eigenvalue weighted by molar-refractivity contribution is 0.210. The van der Waals surface area contributed by atoms with Crippen LogP contribution < -0.4 is 5.32 Å². The number of hydrogen-bond donors (Lipinski definition) is 2. The summed E-state index contributed by atoms with van der Waals surface area (Å²) in [5.74, 6) is 0. The van der Waals surface area contributed by atoms with Crippen molar-refractivity contribution in [2.75, 3.05) is 11.6 Å². The van der Waals surface area contributed by atoms with Gasteiger partial charge in [-0.2, -0.15) is 5.10 Å². The summed E-state index contributed by atoms with van der Waals surface area (Å²) in [5, 5.41) is 16.2. The average Bonchev–Trinajstić information content (AvgIpc) is 2.89. The van der Waals surface area contributed by atoms with Crippen LogP contribution in [0.4, 0.5) is 10.5 Å². The van der Waals surface area contributed by atoms with E-state index in [1.165, 1.54) is 12.1 Å². The highest BCUT2D eigenvalue weighted by Gasteiger charge is 2.10. The van der Waals surface area contributed by atoms with Crippen molar-refractivity contribution in [3.8, 4) is 5.69 Å². The zero-order valence-corrected chi connectivity index (χ0v) is 12.9. The minimum Gasteiger partial charge on any atom is -0.465 e. The van der Waals surface area contributed by atoms with Gasteiger partial charge >= 0.3 is 6.09 Å². The van der Waals surface area contributed by atoms with Crippen LogP contribution in [0.5, 0.6) is 0 Å². The Labute approximate surface area is 132 Å². The van der Waals surface area contributed by atoms with Crippen LogP contribution in [-0.4, -0.2) is 35.7 Å². The molecular formula is C15H13N3O4S. The maximum Gasteiger partial charge on any atom is 0.409 e. The first-order valence-electron chi connectivity index (χ1n) is 6.63. The van der Waals surface area contributed by atoms with Crippen LogP contribution in [0, 0.1) is 0 Å². The van der Waals surface area contributed by atoms with E-state index < -0.39 is 15.9 Å². The molecule has 7 nitrogen and oxygen atoms in total. The first kappa shape index (κ1) is 15.0. The van der Waals surface area contributed by atoms with Crippen LogP contribution >= 0.6 is 0 Å². The summed E-state index contributed by atoms with van der Waals surface area (Å²) < 4.78 is 24.8. The number of benzene rings is 2. The van der Waals surface area contributed by atoms with Crippen molar-refractivity contribution in [1.29, 1.82) is 0 Å². The quantitative estimate of drug-likeness (QED) is 0.768. The molecule has 1 amide bonds. The Kier molecular flexibility index (Phi) is 3.53. The van der Waals surface area contributed by atoms with Gasteiger partial charge in [-0.05, 0) is 36.4 Å². The van der Waals surface area contributed by atoms with Crippen molar-refractivity contribution in [3.63, 3.8) is 0 Å². The Morgan fingerprint density at radius 1 is 1.22 bits per heavy atom. The van der Waals surface area contributed by atoms with Crippen LogP contribution in [0.2, 0.25) is 0 Å². The normalized spacial score (nSPS) is 11.5. The second-order valence-corrected chi connectivity index (χ2v) is 7.06. The highest BCUT2D eigenvalue weighted by atomic mass is 32.2. The molecule has 1 aromatic heterocycles. The average molecular weight is 331 g/mol. The number of sulfone groups is 1. The summed E-state index contributed by atoms with van der Waals surface area (Å²) in [6.45, 7) is 0. The zero-order chi connectivity index (χ0) is 16.6. The van der Waals surface area contributed by atoms with E-state index >= 15 is 0 Å². The number of anilines is 1. The van der Waals surface area contributed by atoms with Crippen LogP contribution in [0.15, 0.2) is 53.6 Å². The van der Waals surface area contributed by atoms with Crippen LogP contribution in [0.25, 0.3) is 16.6 Å². The number of rotatable bonds is 3. The molecule has 3 rings (SSSR count). The minimum absolute atomic E-state index is 0.211. The maximum atomic E-state index is 11.6. The number of hydrogen-bond acceptors (Lipinski definition) is 4. The van der Waals surface area contributed by atoms with Crippen LogP contribution in [0.1, 0.15) is 0 Å². The summed E-state index contributed by atoms with van der Waals surface area (Å²) in [6.07, 6.45) is 1.75. The van der Waals surface area contributed by atoms with Crippen molar-refractivity contribution >= 4 is 32.5 Å². The number of nitrogens with zero attached hydrogens (tertiary/aromatic N) is 2. The third kappa shape index (κ3) is 3.16. The van der Waals surface area contributed by atoms with Gasteiger partial charge in [0.05, 0.1) is 16.1 Å². The van der Waals surface area contributed by atoms with Gasteiger partial charge < -0.3 is 5.11 Å².